The van der Waals surface area contributed by atoms with Gasteiger partial charge < -0.3 is 13.9 Å². The van der Waals surface area contributed by atoms with Crippen LogP contribution in [0.3, 0.4) is 0 Å². The molecule has 4 rings (SSSR count). The quantitative estimate of drug-likeness (QED) is 0.680. The van der Waals surface area contributed by atoms with E-state index in [-0.39, 0.29) is 29.5 Å². The number of hydrogen-bond acceptors (Lipinski definition) is 4. The largest absolute Gasteiger partial charge is 0.401 e. The molecule has 0 saturated carbocycles. The molecule has 4 nitrogen and oxygen atoms in total. The molecular formula is C26H32O4Si. The molecule has 0 radical (unpaired) electrons. The van der Waals surface area contributed by atoms with Crippen LogP contribution in [0.2, 0.25) is 5.04 Å². The molecular weight excluding hydrogens is 404 g/mol. The fraction of sp³-hybridized carbons (Fsp3) is 0.423. The average Bonchev–Trinajstić information content (AvgIpc) is 2.97. The molecule has 1 fully saturated rings. The van der Waals surface area contributed by atoms with E-state index in [9.17, 15) is 4.79 Å². The van der Waals surface area contributed by atoms with E-state index in [4.69, 9.17) is 13.9 Å². The Hall–Kier alpha value is -2.05. The summed E-state index contributed by atoms with van der Waals surface area (Å²) in [7, 11) is -2.81. The zero-order chi connectivity index (χ0) is 22.3. The summed E-state index contributed by atoms with van der Waals surface area (Å²) < 4.78 is 19.6. The molecule has 2 aromatic rings. The Morgan fingerprint density at radius 3 is 2.00 bits per heavy atom. The first-order valence-electron chi connectivity index (χ1n) is 11.0. The third-order valence-corrected chi connectivity index (χ3v) is 11.2. The lowest BCUT2D eigenvalue weighted by molar-refractivity contribution is -0.154. The summed E-state index contributed by atoms with van der Waals surface area (Å²) in [5.74, 6) is -0.671. The molecule has 1 aliphatic heterocycles. The SMILES string of the molecule is CC1(C)O[C@@H]2[C@@H](C=CC(=O)C[C@H]2O[Si](c2ccccc2)(c2ccccc2)C(C)(C)C)O1. The van der Waals surface area contributed by atoms with Crippen LogP contribution in [0.15, 0.2) is 72.8 Å². The Morgan fingerprint density at radius 1 is 0.935 bits per heavy atom. The van der Waals surface area contributed by atoms with Crippen molar-refractivity contribution in [3.05, 3.63) is 72.8 Å². The molecule has 0 spiro atoms. The lowest BCUT2D eigenvalue weighted by atomic mass is 10.1. The smallest absolute Gasteiger partial charge is 0.261 e. The van der Waals surface area contributed by atoms with Crippen LogP contribution in [0, 0.1) is 0 Å². The third-order valence-electron chi connectivity index (χ3n) is 6.15. The predicted octanol–water partition coefficient (Wildman–Crippen LogP) is 3.98. The fourth-order valence-corrected chi connectivity index (χ4v) is 9.55. The van der Waals surface area contributed by atoms with Gasteiger partial charge in [0.2, 0.25) is 0 Å². The van der Waals surface area contributed by atoms with Crippen molar-refractivity contribution in [1.29, 1.82) is 0 Å². The Bertz CT molecular complexity index is 907. The molecule has 1 heterocycles. The van der Waals surface area contributed by atoms with Crippen molar-refractivity contribution in [2.75, 3.05) is 0 Å². The number of carbonyl (C=O) groups excluding carboxylic acids is 1. The Morgan fingerprint density at radius 2 is 1.48 bits per heavy atom. The minimum absolute atomic E-state index is 0.0438. The van der Waals surface area contributed by atoms with Gasteiger partial charge in [0, 0.05) is 6.42 Å². The van der Waals surface area contributed by atoms with Gasteiger partial charge in [-0.15, -0.1) is 0 Å². The van der Waals surface area contributed by atoms with Crippen LogP contribution in [-0.4, -0.2) is 38.2 Å². The number of ether oxygens (including phenoxy) is 2. The topological polar surface area (TPSA) is 44.8 Å². The maximum Gasteiger partial charge on any atom is 0.261 e. The van der Waals surface area contributed by atoms with Gasteiger partial charge in [-0.2, -0.15) is 0 Å². The molecule has 3 atom stereocenters. The van der Waals surface area contributed by atoms with Crippen molar-refractivity contribution < 1.29 is 18.7 Å². The van der Waals surface area contributed by atoms with E-state index in [1.165, 1.54) is 10.4 Å². The van der Waals surface area contributed by atoms with Crippen molar-refractivity contribution in [2.45, 2.75) is 70.2 Å². The molecule has 1 aliphatic carbocycles. The van der Waals surface area contributed by atoms with Crippen LogP contribution >= 0.6 is 0 Å². The highest BCUT2D eigenvalue weighted by molar-refractivity contribution is 6.99. The summed E-state index contributed by atoms with van der Waals surface area (Å²) in [5.41, 5.74) is 0. The molecule has 0 amide bonds. The Balaban J connectivity index is 1.86. The number of carbonyl (C=O) groups is 1. The van der Waals surface area contributed by atoms with Gasteiger partial charge in [-0.1, -0.05) is 81.4 Å². The van der Waals surface area contributed by atoms with Crippen LogP contribution in [0.4, 0.5) is 0 Å². The van der Waals surface area contributed by atoms with E-state index >= 15 is 0 Å². The van der Waals surface area contributed by atoms with Gasteiger partial charge in [0.15, 0.2) is 11.6 Å². The zero-order valence-corrected chi connectivity index (χ0v) is 20.0. The van der Waals surface area contributed by atoms with Gasteiger partial charge >= 0.3 is 0 Å². The van der Waals surface area contributed by atoms with Crippen molar-refractivity contribution in [3.8, 4) is 0 Å². The minimum Gasteiger partial charge on any atom is -0.401 e. The summed E-state index contributed by atoms with van der Waals surface area (Å²) in [5, 5.41) is 2.20. The van der Waals surface area contributed by atoms with Crippen molar-refractivity contribution in [1.82, 2.24) is 0 Å². The molecule has 31 heavy (non-hydrogen) atoms. The van der Waals surface area contributed by atoms with Crippen LogP contribution < -0.4 is 10.4 Å². The summed E-state index contributed by atoms with van der Waals surface area (Å²) in [4.78, 5) is 12.6. The zero-order valence-electron chi connectivity index (χ0n) is 19.0. The number of rotatable bonds is 4. The standard InChI is InChI=1S/C26H32O4Si/c1-25(2,3)31(20-12-8-6-9-13-20,21-14-10-7-11-15-21)30-23-18-19(27)16-17-22-24(23)29-26(4,5)28-22/h6-17,22-24H,18H2,1-5H3/t22-,23-,24-/m1/s1. The van der Waals surface area contributed by atoms with Gasteiger partial charge in [0.25, 0.3) is 8.32 Å². The fourth-order valence-electron chi connectivity index (χ4n) is 4.87. The molecule has 5 heteroatoms. The summed E-state index contributed by atoms with van der Waals surface area (Å²) in [6.45, 7) is 10.5. The van der Waals surface area contributed by atoms with Crippen molar-refractivity contribution in [2.24, 2.45) is 0 Å². The Kier molecular flexibility index (Phi) is 5.81. The maximum atomic E-state index is 12.6. The predicted molar refractivity (Wildman–Crippen MR) is 125 cm³/mol. The lowest BCUT2D eigenvalue weighted by Crippen LogP contribution is -2.68. The van der Waals surface area contributed by atoms with Gasteiger partial charge in [-0.3, -0.25) is 4.79 Å². The van der Waals surface area contributed by atoms with E-state index in [1.54, 1.807) is 6.08 Å². The number of hydrogen-bond donors (Lipinski definition) is 0. The summed E-state index contributed by atoms with van der Waals surface area (Å²) >= 11 is 0. The third kappa shape index (κ3) is 4.20. The van der Waals surface area contributed by atoms with Gasteiger partial charge in [-0.25, -0.2) is 0 Å². The van der Waals surface area contributed by atoms with E-state index < -0.39 is 20.2 Å². The van der Waals surface area contributed by atoms with E-state index in [1.807, 2.05) is 32.1 Å². The highest BCUT2D eigenvalue weighted by Gasteiger charge is 2.55. The Labute approximate surface area is 186 Å². The van der Waals surface area contributed by atoms with Crippen LogP contribution in [0.5, 0.6) is 0 Å². The lowest BCUT2D eigenvalue weighted by Gasteiger charge is -2.46. The first-order valence-corrected chi connectivity index (χ1v) is 12.9. The number of benzene rings is 2. The second-order valence-electron chi connectivity index (χ2n) is 9.91. The van der Waals surface area contributed by atoms with Gasteiger partial charge in [0.05, 0.1) is 6.10 Å². The molecule has 2 aliphatic rings. The summed E-state index contributed by atoms with van der Waals surface area (Å²) in [6.07, 6.45) is 2.69. The van der Waals surface area contributed by atoms with Crippen LogP contribution in [0.1, 0.15) is 41.0 Å². The van der Waals surface area contributed by atoms with Gasteiger partial charge in [0.1, 0.15) is 12.2 Å². The second-order valence-corrected chi connectivity index (χ2v) is 14.2. The number of allylic oxidation sites excluding steroid dienone is 1. The minimum atomic E-state index is -2.81. The summed E-state index contributed by atoms with van der Waals surface area (Å²) in [6, 6.07) is 21.0. The van der Waals surface area contributed by atoms with Crippen molar-refractivity contribution in [3.63, 3.8) is 0 Å². The monoisotopic (exact) mass is 436 g/mol. The molecule has 0 aromatic heterocycles. The average molecular weight is 437 g/mol. The molecule has 164 valence electrons. The van der Waals surface area contributed by atoms with E-state index in [0.717, 1.165) is 0 Å². The van der Waals surface area contributed by atoms with Gasteiger partial charge in [-0.05, 0) is 41.4 Å². The highest BCUT2D eigenvalue weighted by atomic mass is 28.4. The normalized spacial score (nSPS) is 25.8. The molecule has 0 bridgehead atoms. The van der Waals surface area contributed by atoms with Crippen LogP contribution in [-0.2, 0) is 18.7 Å². The first-order chi connectivity index (χ1) is 14.6. The highest BCUT2D eigenvalue weighted by Crippen LogP contribution is 2.41. The molecule has 2 aromatic carbocycles. The molecule has 1 saturated heterocycles. The molecule has 0 unspecified atom stereocenters. The van der Waals surface area contributed by atoms with Crippen molar-refractivity contribution >= 4 is 24.5 Å². The number of ketones is 1. The van der Waals surface area contributed by atoms with Crippen LogP contribution in [0.25, 0.3) is 0 Å². The number of fused-ring (bicyclic) bond motifs is 1. The van der Waals surface area contributed by atoms with E-state index in [0.29, 0.717) is 0 Å². The maximum absolute atomic E-state index is 12.6. The molecule has 0 N–H and O–H groups in total. The first kappa shape index (κ1) is 22.2. The van der Waals surface area contributed by atoms with E-state index in [2.05, 4.69) is 69.3 Å². The second kappa shape index (κ2) is 8.13.